The minimum Gasteiger partial charge on any atom is -0.495 e. The summed E-state index contributed by atoms with van der Waals surface area (Å²) in [6.07, 6.45) is 0.187. The molecule has 0 spiro atoms. The van der Waals surface area contributed by atoms with Crippen LogP contribution in [0.15, 0.2) is 57.8 Å². The van der Waals surface area contributed by atoms with E-state index in [4.69, 9.17) is 4.74 Å². The maximum atomic E-state index is 12.5. The first-order valence-electron chi connectivity index (χ1n) is 8.22. The largest absolute Gasteiger partial charge is 0.495 e. The number of fused-ring (bicyclic) bond motifs is 1. The van der Waals surface area contributed by atoms with Crippen molar-refractivity contribution in [1.82, 2.24) is 4.57 Å². The molecule has 0 unspecified atom stereocenters. The number of hydrogen-bond acceptors (Lipinski definition) is 3. The summed E-state index contributed by atoms with van der Waals surface area (Å²) in [4.78, 5) is 24.8. The summed E-state index contributed by atoms with van der Waals surface area (Å²) in [7, 11) is 1.58. The molecule has 0 atom stereocenters. The maximum Gasteiger partial charge on any atom is 0.251 e. The number of benzene rings is 2. The number of rotatable bonds is 5. The molecular formula is C20H19BrN2O3. The number of amides is 1. The Bertz CT molecular complexity index is 1010. The number of para-hydroxylation sites is 1. The Morgan fingerprint density at radius 3 is 2.62 bits per heavy atom. The molecule has 134 valence electrons. The summed E-state index contributed by atoms with van der Waals surface area (Å²) in [5.41, 5.74) is 2.18. The quantitative estimate of drug-likeness (QED) is 0.683. The van der Waals surface area contributed by atoms with E-state index >= 15 is 0 Å². The normalized spacial score (nSPS) is 10.7. The van der Waals surface area contributed by atoms with Gasteiger partial charge in [-0.25, -0.2) is 0 Å². The zero-order valence-electron chi connectivity index (χ0n) is 14.6. The standard InChI is InChI=1S/C20H19BrN2O3/c1-13-12-19(25)23(20-16(13)4-3-5-17(20)26-2)11-10-18(24)22-15-8-6-14(21)7-9-15/h3-9,12H,10-11H2,1-2H3,(H,22,24). The molecule has 3 aromatic rings. The van der Waals surface area contributed by atoms with Gasteiger partial charge in [-0.05, 0) is 42.8 Å². The lowest BCUT2D eigenvalue weighted by Gasteiger charge is -2.15. The van der Waals surface area contributed by atoms with E-state index in [9.17, 15) is 9.59 Å². The summed E-state index contributed by atoms with van der Waals surface area (Å²) >= 11 is 3.36. The van der Waals surface area contributed by atoms with Crippen molar-refractivity contribution in [2.45, 2.75) is 19.9 Å². The van der Waals surface area contributed by atoms with Crippen molar-refractivity contribution in [1.29, 1.82) is 0 Å². The van der Waals surface area contributed by atoms with Crippen molar-refractivity contribution >= 4 is 38.4 Å². The van der Waals surface area contributed by atoms with Gasteiger partial charge in [0.05, 0.1) is 12.6 Å². The highest BCUT2D eigenvalue weighted by atomic mass is 79.9. The molecular weight excluding hydrogens is 396 g/mol. The van der Waals surface area contributed by atoms with E-state index in [2.05, 4.69) is 21.2 Å². The van der Waals surface area contributed by atoms with Crippen molar-refractivity contribution in [3.8, 4) is 5.75 Å². The topological polar surface area (TPSA) is 60.3 Å². The number of nitrogens with zero attached hydrogens (tertiary/aromatic N) is 1. The number of carbonyl (C=O) groups is 1. The van der Waals surface area contributed by atoms with Crippen LogP contribution in [0.4, 0.5) is 5.69 Å². The number of methoxy groups -OCH3 is 1. The third kappa shape index (κ3) is 3.80. The molecule has 0 saturated carbocycles. The lowest BCUT2D eigenvalue weighted by atomic mass is 10.1. The summed E-state index contributed by atoms with van der Waals surface area (Å²) in [6, 6.07) is 14.6. The molecule has 0 bridgehead atoms. The van der Waals surface area contributed by atoms with Gasteiger partial charge in [0, 0.05) is 34.6 Å². The van der Waals surface area contributed by atoms with Crippen molar-refractivity contribution in [2.75, 3.05) is 12.4 Å². The van der Waals surface area contributed by atoms with Crippen LogP contribution in [0.1, 0.15) is 12.0 Å². The Kier molecular flexibility index (Phi) is 5.42. The summed E-state index contributed by atoms with van der Waals surface area (Å²) in [5, 5.41) is 3.78. The zero-order valence-corrected chi connectivity index (χ0v) is 16.2. The Balaban J connectivity index is 1.85. The van der Waals surface area contributed by atoms with Crippen molar-refractivity contribution < 1.29 is 9.53 Å². The third-order valence-electron chi connectivity index (χ3n) is 4.21. The molecule has 0 radical (unpaired) electrons. The minimum atomic E-state index is -0.150. The molecule has 3 rings (SSSR count). The van der Waals surface area contributed by atoms with Gasteiger partial charge in [0.25, 0.3) is 5.56 Å². The second-order valence-electron chi connectivity index (χ2n) is 5.98. The third-order valence-corrected chi connectivity index (χ3v) is 4.74. The van der Waals surface area contributed by atoms with E-state index < -0.39 is 0 Å². The maximum absolute atomic E-state index is 12.5. The van der Waals surface area contributed by atoms with Gasteiger partial charge >= 0.3 is 0 Å². The number of aryl methyl sites for hydroxylation is 2. The van der Waals surface area contributed by atoms with Crippen LogP contribution >= 0.6 is 15.9 Å². The number of nitrogens with one attached hydrogen (secondary N) is 1. The van der Waals surface area contributed by atoms with Gasteiger partial charge in [-0.15, -0.1) is 0 Å². The van der Waals surface area contributed by atoms with Crippen LogP contribution < -0.4 is 15.6 Å². The highest BCUT2D eigenvalue weighted by Crippen LogP contribution is 2.26. The lowest BCUT2D eigenvalue weighted by Crippen LogP contribution is -2.24. The fourth-order valence-electron chi connectivity index (χ4n) is 2.93. The van der Waals surface area contributed by atoms with Gasteiger partial charge in [0.15, 0.2) is 0 Å². The molecule has 1 aromatic heterocycles. The summed E-state index contributed by atoms with van der Waals surface area (Å²) < 4.78 is 7.97. The van der Waals surface area contributed by atoms with Crippen molar-refractivity contribution in [3.63, 3.8) is 0 Å². The SMILES string of the molecule is COc1cccc2c(C)cc(=O)n(CCC(=O)Nc3ccc(Br)cc3)c12. The van der Waals surface area contributed by atoms with Crippen LogP contribution in [0.25, 0.3) is 10.9 Å². The molecule has 0 aliphatic rings. The van der Waals surface area contributed by atoms with Crippen LogP contribution in [-0.2, 0) is 11.3 Å². The number of carbonyl (C=O) groups excluding carboxylic acids is 1. The van der Waals surface area contributed by atoms with Crippen LogP contribution in [0.5, 0.6) is 5.75 Å². The van der Waals surface area contributed by atoms with Gasteiger partial charge in [0.1, 0.15) is 5.75 Å². The molecule has 0 fully saturated rings. The Morgan fingerprint density at radius 2 is 1.92 bits per heavy atom. The average Bonchev–Trinajstić information content (AvgIpc) is 2.63. The van der Waals surface area contributed by atoms with E-state index in [1.165, 1.54) is 0 Å². The number of halogens is 1. The van der Waals surface area contributed by atoms with Gasteiger partial charge in [-0.3, -0.25) is 9.59 Å². The number of ether oxygens (including phenoxy) is 1. The average molecular weight is 415 g/mol. The Labute approximate surface area is 159 Å². The monoisotopic (exact) mass is 414 g/mol. The smallest absolute Gasteiger partial charge is 0.251 e. The number of anilines is 1. The summed E-state index contributed by atoms with van der Waals surface area (Å²) in [6.45, 7) is 2.17. The molecule has 0 aliphatic carbocycles. The molecule has 0 aliphatic heterocycles. The first kappa shape index (κ1) is 18.2. The van der Waals surface area contributed by atoms with Crippen molar-refractivity contribution in [3.05, 3.63) is 68.9 Å². The van der Waals surface area contributed by atoms with E-state index in [0.29, 0.717) is 5.75 Å². The first-order valence-corrected chi connectivity index (χ1v) is 9.01. The van der Waals surface area contributed by atoms with Gasteiger partial charge < -0.3 is 14.6 Å². The van der Waals surface area contributed by atoms with Crippen molar-refractivity contribution in [2.24, 2.45) is 0 Å². The van der Waals surface area contributed by atoms with Crippen LogP contribution in [0.3, 0.4) is 0 Å². The summed E-state index contributed by atoms with van der Waals surface area (Å²) in [5.74, 6) is 0.472. The predicted octanol–water partition coefficient (Wildman–Crippen LogP) is 4.11. The highest BCUT2D eigenvalue weighted by Gasteiger charge is 2.12. The molecule has 1 heterocycles. The number of hydrogen-bond donors (Lipinski definition) is 1. The minimum absolute atomic E-state index is 0.143. The van der Waals surface area contributed by atoms with Crippen LogP contribution in [0, 0.1) is 6.92 Å². The van der Waals surface area contributed by atoms with E-state index in [1.54, 1.807) is 17.7 Å². The molecule has 1 amide bonds. The lowest BCUT2D eigenvalue weighted by molar-refractivity contribution is -0.116. The number of pyridine rings is 1. The zero-order chi connectivity index (χ0) is 18.7. The number of aromatic nitrogens is 1. The fourth-order valence-corrected chi connectivity index (χ4v) is 3.19. The van der Waals surface area contributed by atoms with Gasteiger partial charge in [-0.2, -0.15) is 0 Å². The van der Waals surface area contributed by atoms with E-state index in [1.807, 2.05) is 49.4 Å². The van der Waals surface area contributed by atoms with E-state index in [-0.39, 0.29) is 24.4 Å². The van der Waals surface area contributed by atoms with E-state index in [0.717, 1.165) is 26.6 Å². The molecule has 6 heteroatoms. The predicted molar refractivity (Wildman–Crippen MR) is 107 cm³/mol. The first-order chi connectivity index (χ1) is 12.5. The fraction of sp³-hybridized carbons (Fsp3) is 0.200. The molecule has 0 saturated heterocycles. The van der Waals surface area contributed by atoms with Crippen LogP contribution in [0.2, 0.25) is 0 Å². The second kappa shape index (κ2) is 7.74. The van der Waals surface area contributed by atoms with Gasteiger partial charge in [-0.1, -0.05) is 28.1 Å². The Hall–Kier alpha value is -2.60. The van der Waals surface area contributed by atoms with Gasteiger partial charge in [0.2, 0.25) is 5.91 Å². The second-order valence-corrected chi connectivity index (χ2v) is 6.89. The highest BCUT2D eigenvalue weighted by molar-refractivity contribution is 9.10. The van der Waals surface area contributed by atoms with Crippen LogP contribution in [-0.4, -0.2) is 17.6 Å². The molecule has 1 N–H and O–H groups in total. The Morgan fingerprint density at radius 1 is 1.19 bits per heavy atom. The molecule has 2 aromatic carbocycles. The molecule has 26 heavy (non-hydrogen) atoms. The molecule has 5 nitrogen and oxygen atoms in total.